The number of hydrogen-bond acceptors (Lipinski definition) is 2. The third kappa shape index (κ3) is 1.49. The summed E-state index contributed by atoms with van der Waals surface area (Å²) in [6, 6.07) is 8.42. The first-order valence-electron chi connectivity index (χ1n) is 5.91. The molecule has 1 aromatic carbocycles. The van der Waals surface area contributed by atoms with Gasteiger partial charge in [0.1, 0.15) is 5.75 Å². The van der Waals surface area contributed by atoms with Gasteiger partial charge in [-0.3, -0.25) is 0 Å². The molecule has 1 heterocycles. The molecule has 1 aromatic heterocycles. The molecule has 3 rings (SSSR count). The Kier molecular flexibility index (Phi) is 2.29. The lowest BCUT2D eigenvalue weighted by atomic mass is 9.86. The van der Waals surface area contributed by atoms with E-state index in [-0.39, 0.29) is 5.92 Å². The van der Waals surface area contributed by atoms with Crippen molar-refractivity contribution in [3.8, 4) is 11.8 Å². The average molecular weight is 226 g/mol. The van der Waals surface area contributed by atoms with Gasteiger partial charge in [-0.25, -0.2) is 0 Å². The molecule has 0 saturated carbocycles. The maximum Gasteiger partial charge on any atom is 0.119 e. The van der Waals surface area contributed by atoms with E-state index in [0.717, 1.165) is 35.9 Å². The average Bonchev–Trinajstić information content (AvgIpc) is 2.75. The molecule has 0 spiro atoms. The molecule has 0 fully saturated rings. The SMILES string of the molecule is COc1ccc2[nH]c3c(c2c1)C(C#N)CCC3. The zero-order valence-corrected chi connectivity index (χ0v) is 9.79. The molecule has 2 aromatic rings. The van der Waals surface area contributed by atoms with Gasteiger partial charge in [0.15, 0.2) is 0 Å². The first kappa shape index (κ1) is 10.2. The normalized spacial score (nSPS) is 18.7. The van der Waals surface area contributed by atoms with Crippen molar-refractivity contribution in [1.82, 2.24) is 4.98 Å². The van der Waals surface area contributed by atoms with Crippen LogP contribution in [0.25, 0.3) is 10.9 Å². The lowest BCUT2D eigenvalue weighted by Gasteiger charge is -2.16. The Morgan fingerprint density at radius 1 is 1.47 bits per heavy atom. The number of hydrogen-bond donors (Lipinski definition) is 1. The molecule has 0 saturated heterocycles. The molecule has 3 heteroatoms. The maximum atomic E-state index is 9.25. The number of ether oxygens (including phenoxy) is 1. The van der Waals surface area contributed by atoms with Gasteiger partial charge in [-0.15, -0.1) is 0 Å². The fourth-order valence-electron chi connectivity index (χ4n) is 2.73. The molecular formula is C14H14N2O. The second-order valence-electron chi connectivity index (χ2n) is 4.50. The molecule has 1 N–H and O–H groups in total. The number of rotatable bonds is 1. The number of aromatic amines is 1. The summed E-state index contributed by atoms with van der Waals surface area (Å²) in [6.45, 7) is 0. The summed E-state index contributed by atoms with van der Waals surface area (Å²) >= 11 is 0. The molecule has 1 aliphatic carbocycles. The van der Waals surface area contributed by atoms with E-state index >= 15 is 0 Å². The van der Waals surface area contributed by atoms with Crippen molar-refractivity contribution < 1.29 is 4.74 Å². The van der Waals surface area contributed by atoms with Crippen LogP contribution in [0.5, 0.6) is 5.75 Å². The summed E-state index contributed by atoms with van der Waals surface area (Å²) in [7, 11) is 1.67. The van der Waals surface area contributed by atoms with Crippen molar-refractivity contribution in [1.29, 1.82) is 5.26 Å². The van der Waals surface area contributed by atoms with Gasteiger partial charge in [0, 0.05) is 16.6 Å². The third-order valence-corrected chi connectivity index (χ3v) is 3.55. The van der Waals surface area contributed by atoms with Gasteiger partial charge in [0.2, 0.25) is 0 Å². The Hall–Kier alpha value is -1.95. The summed E-state index contributed by atoms with van der Waals surface area (Å²) in [4.78, 5) is 3.42. The number of nitrogens with one attached hydrogen (secondary N) is 1. The van der Waals surface area contributed by atoms with Crippen LogP contribution in [-0.2, 0) is 6.42 Å². The predicted molar refractivity (Wildman–Crippen MR) is 66.1 cm³/mol. The fraction of sp³-hybridized carbons (Fsp3) is 0.357. The van der Waals surface area contributed by atoms with Crippen LogP contribution in [0.1, 0.15) is 30.0 Å². The smallest absolute Gasteiger partial charge is 0.119 e. The highest BCUT2D eigenvalue weighted by Crippen LogP contribution is 2.37. The van der Waals surface area contributed by atoms with E-state index in [9.17, 15) is 5.26 Å². The van der Waals surface area contributed by atoms with Gasteiger partial charge in [-0.1, -0.05) is 0 Å². The molecule has 86 valence electrons. The topological polar surface area (TPSA) is 48.8 Å². The van der Waals surface area contributed by atoms with Gasteiger partial charge < -0.3 is 9.72 Å². The Morgan fingerprint density at radius 3 is 3.12 bits per heavy atom. The molecule has 1 unspecified atom stereocenters. The zero-order valence-electron chi connectivity index (χ0n) is 9.79. The van der Waals surface area contributed by atoms with E-state index in [1.54, 1.807) is 7.11 Å². The van der Waals surface area contributed by atoms with Crippen LogP contribution in [0.2, 0.25) is 0 Å². The van der Waals surface area contributed by atoms with Crippen LogP contribution >= 0.6 is 0 Å². The van der Waals surface area contributed by atoms with Crippen molar-refractivity contribution >= 4 is 10.9 Å². The standard InChI is InChI=1S/C14H14N2O/c1-17-10-5-6-12-11(7-10)14-9(8-15)3-2-4-13(14)16-12/h5-7,9,16H,2-4H2,1H3. The zero-order chi connectivity index (χ0) is 11.8. The Balaban J connectivity index is 2.27. The molecule has 0 radical (unpaired) electrons. The summed E-state index contributed by atoms with van der Waals surface area (Å²) in [5.41, 5.74) is 3.52. The van der Waals surface area contributed by atoms with Crippen LogP contribution in [0.4, 0.5) is 0 Å². The van der Waals surface area contributed by atoms with E-state index in [4.69, 9.17) is 4.74 Å². The van der Waals surface area contributed by atoms with E-state index in [0.29, 0.717) is 0 Å². The van der Waals surface area contributed by atoms with E-state index in [1.807, 2.05) is 18.2 Å². The number of H-pyrrole nitrogens is 1. The number of fused-ring (bicyclic) bond motifs is 3. The van der Waals surface area contributed by atoms with Crippen molar-refractivity contribution in [2.75, 3.05) is 7.11 Å². The molecule has 1 atom stereocenters. The minimum Gasteiger partial charge on any atom is -0.497 e. The number of nitrogens with zero attached hydrogens (tertiary/aromatic N) is 1. The summed E-state index contributed by atoms with van der Waals surface area (Å²) in [5.74, 6) is 0.876. The van der Waals surface area contributed by atoms with E-state index < -0.39 is 0 Å². The van der Waals surface area contributed by atoms with E-state index in [2.05, 4.69) is 11.1 Å². The predicted octanol–water partition coefficient (Wildman–Crippen LogP) is 3.12. The summed E-state index contributed by atoms with van der Waals surface area (Å²) in [5, 5.41) is 10.4. The molecule has 0 amide bonds. The van der Waals surface area contributed by atoms with Gasteiger partial charge in [-0.2, -0.15) is 5.26 Å². The van der Waals surface area contributed by atoms with E-state index in [1.165, 1.54) is 11.3 Å². The first-order chi connectivity index (χ1) is 8.33. The monoisotopic (exact) mass is 226 g/mol. The lowest BCUT2D eigenvalue weighted by molar-refractivity contribution is 0.415. The number of aryl methyl sites for hydroxylation is 1. The number of aromatic nitrogens is 1. The van der Waals surface area contributed by atoms with Crippen molar-refractivity contribution in [2.24, 2.45) is 0 Å². The third-order valence-electron chi connectivity index (χ3n) is 3.55. The van der Waals surface area contributed by atoms with Crippen LogP contribution in [0, 0.1) is 11.3 Å². The quantitative estimate of drug-likeness (QED) is 0.812. The number of benzene rings is 1. The van der Waals surface area contributed by atoms with Crippen LogP contribution in [0.3, 0.4) is 0 Å². The lowest BCUT2D eigenvalue weighted by Crippen LogP contribution is -2.06. The van der Waals surface area contributed by atoms with Gasteiger partial charge >= 0.3 is 0 Å². The largest absolute Gasteiger partial charge is 0.497 e. The van der Waals surface area contributed by atoms with Crippen molar-refractivity contribution in [3.63, 3.8) is 0 Å². The molecular weight excluding hydrogens is 212 g/mol. The molecule has 0 aliphatic heterocycles. The Labute approximate surface area is 100 Å². The second kappa shape index (κ2) is 3.81. The number of methoxy groups -OCH3 is 1. The van der Waals surface area contributed by atoms with Gasteiger partial charge in [0.05, 0.1) is 19.1 Å². The minimum absolute atomic E-state index is 0.0274. The van der Waals surface area contributed by atoms with Gasteiger partial charge in [-0.05, 0) is 43.0 Å². The Morgan fingerprint density at radius 2 is 2.35 bits per heavy atom. The highest BCUT2D eigenvalue weighted by atomic mass is 16.5. The second-order valence-corrected chi connectivity index (χ2v) is 4.50. The van der Waals surface area contributed by atoms with Crippen molar-refractivity contribution in [2.45, 2.75) is 25.2 Å². The molecule has 3 nitrogen and oxygen atoms in total. The summed E-state index contributed by atoms with van der Waals surface area (Å²) in [6.07, 6.45) is 3.10. The summed E-state index contributed by atoms with van der Waals surface area (Å²) < 4.78 is 5.25. The fourth-order valence-corrected chi connectivity index (χ4v) is 2.73. The Bertz CT molecular complexity index is 606. The highest BCUT2D eigenvalue weighted by Gasteiger charge is 2.24. The van der Waals surface area contributed by atoms with Gasteiger partial charge in [0.25, 0.3) is 0 Å². The first-order valence-corrected chi connectivity index (χ1v) is 5.91. The maximum absolute atomic E-state index is 9.25. The van der Waals surface area contributed by atoms with Crippen molar-refractivity contribution in [3.05, 3.63) is 29.5 Å². The minimum atomic E-state index is 0.0274. The molecule has 1 aliphatic rings. The van der Waals surface area contributed by atoms with Crippen LogP contribution in [0.15, 0.2) is 18.2 Å². The highest BCUT2D eigenvalue weighted by molar-refractivity contribution is 5.87. The molecule has 17 heavy (non-hydrogen) atoms. The van der Waals surface area contributed by atoms with Crippen LogP contribution in [-0.4, -0.2) is 12.1 Å². The van der Waals surface area contributed by atoms with Crippen LogP contribution < -0.4 is 4.74 Å². The number of nitriles is 1. The molecule has 0 bridgehead atoms.